The Labute approximate surface area is 266 Å². The van der Waals surface area contributed by atoms with Crippen LogP contribution in [0.15, 0.2) is 60.2 Å². The van der Waals surface area contributed by atoms with Crippen LogP contribution < -0.4 is 23.8 Å². The van der Waals surface area contributed by atoms with E-state index in [9.17, 15) is 14.7 Å². The highest BCUT2D eigenvalue weighted by Crippen LogP contribution is 2.46. The first-order valence-corrected chi connectivity index (χ1v) is 16.2. The molecule has 2 atom stereocenters. The summed E-state index contributed by atoms with van der Waals surface area (Å²) in [4.78, 5) is 33.8. The highest BCUT2D eigenvalue weighted by atomic mass is 32.1. The Morgan fingerprint density at radius 3 is 2.60 bits per heavy atom. The number of ether oxygens (including phenoxy) is 4. The van der Waals surface area contributed by atoms with Crippen LogP contribution in [0.3, 0.4) is 0 Å². The lowest BCUT2D eigenvalue weighted by atomic mass is 9.94. The van der Waals surface area contributed by atoms with E-state index in [1.165, 1.54) is 16.2 Å². The number of aliphatic hydroxyl groups is 1. The van der Waals surface area contributed by atoms with Gasteiger partial charge in [0.05, 0.1) is 41.7 Å². The zero-order valence-electron chi connectivity index (χ0n) is 25.8. The first-order chi connectivity index (χ1) is 21.8. The van der Waals surface area contributed by atoms with Crippen molar-refractivity contribution in [2.24, 2.45) is 0 Å². The molecule has 1 amide bonds. The minimum absolute atomic E-state index is 0.0142. The summed E-state index contributed by atoms with van der Waals surface area (Å²) in [7, 11) is 0. The number of anilines is 1. The Morgan fingerprint density at radius 1 is 1.00 bits per heavy atom. The SMILES string of the molecule is CCCCOc1ccc([C@@H]2/C(=C(\O)c3ccc4c(c3)C[C@H](C)O4)C(=O)C(=O)N2c2nc3ccc(OCC)cc3s2)cc1OCC. The standard InChI is InChI=1S/C35H36N2O7S/c1-5-8-15-43-27-14-9-21(18-28(27)42-7-3)31-30(32(38)22-10-13-26-23(17-22)16-20(4)44-26)33(39)34(40)37(31)35-36-25-12-11-24(41-6-2)19-29(25)45-35/h9-14,17-20,31,38H,5-8,15-16H2,1-4H3/b32-30+/t20-,31+/m0/s1. The van der Waals surface area contributed by atoms with Crippen LogP contribution in [0.25, 0.3) is 16.0 Å². The van der Waals surface area contributed by atoms with Crippen molar-refractivity contribution in [2.75, 3.05) is 24.7 Å². The fourth-order valence-electron chi connectivity index (χ4n) is 5.73. The summed E-state index contributed by atoms with van der Waals surface area (Å²) in [5, 5.41) is 12.1. The van der Waals surface area contributed by atoms with Crippen molar-refractivity contribution in [3.05, 3.63) is 76.9 Å². The van der Waals surface area contributed by atoms with Gasteiger partial charge in [-0.15, -0.1) is 0 Å². The van der Waals surface area contributed by atoms with Crippen LogP contribution >= 0.6 is 11.3 Å². The fourth-order valence-corrected chi connectivity index (χ4v) is 6.75. The number of benzene rings is 3. The molecule has 0 unspecified atom stereocenters. The first-order valence-electron chi connectivity index (χ1n) is 15.4. The molecule has 0 bridgehead atoms. The number of fused-ring (bicyclic) bond motifs is 2. The number of unbranched alkanes of at least 4 members (excludes halogenated alkanes) is 1. The molecular formula is C35H36N2O7S. The topological polar surface area (TPSA) is 107 Å². The number of hydrogen-bond donors (Lipinski definition) is 1. The minimum Gasteiger partial charge on any atom is -0.507 e. The second kappa shape index (κ2) is 12.8. The summed E-state index contributed by atoms with van der Waals surface area (Å²) in [6.45, 7) is 9.30. The molecule has 1 N–H and O–H groups in total. The highest BCUT2D eigenvalue weighted by molar-refractivity contribution is 7.22. The minimum atomic E-state index is -0.968. The largest absolute Gasteiger partial charge is 0.507 e. The number of amides is 1. The number of nitrogens with zero attached hydrogens (tertiary/aromatic N) is 2. The van der Waals surface area contributed by atoms with E-state index in [1.807, 2.05) is 45.0 Å². The molecule has 1 fully saturated rings. The molecule has 0 spiro atoms. The van der Waals surface area contributed by atoms with Crippen molar-refractivity contribution in [1.29, 1.82) is 0 Å². The summed E-state index contributed by atoms with van der Waals surface area (Å²) in [5.74, 6) is 0.672. The molecule has 0 aliphatic carbocycles. The number of carbonyl (C=O) groups is 2. The van der Waals surface area contributed by atoms with Gasteiger partial charge in [0.1, 0.15) is 23.4 Å². The Kier molecular flexibility index (Phi) is 8.67. The molecule has 0 radical (unpaired) electrons. The fraction of sp³-hybridized carbons (Fsp3) is 0.343. The maximum atomic E-state index is 13.9. The van der Waals surface area contributed by atoms with Gasteiger partial charge in [-0.3, -0.25) is 14.5 Å². The molecule has 234 valence electrons. The van der Waals surface area contributed by atoms with E-state index in [0.29, 0.717) is 65.3 Å². The van der Waals surface area contributed by atoms with Crippen molar-refractivity contribution in [3.63, 3.8) is 0 Å². The third-order valence-electron chi connectivity index (χ3n) is 7.82. The van der Waals surface area contributed by atoms with Crippen molar-refractivity contribution in [1.82, 2.24) is 4.98 Å². The van der Waals surface area contributed by atoms with Gasteiger partial charge in [0.25, 0.3) is 5.78 Å². The van der Waals surface area contributed by atoms with E-state index in [4.69, 9.17) is 23.9 Å². The lowest BCUT2D eigenvalue weighted by Crippen LogP contribution is -2.29. The monoisotopic (exact) mass is 628 g/mol. The molecule has 6 rings (SSSR count). The van der Waals surface area contributed by atoms with Gasteiger partial charge in [-0.05, 0) is 86.8 Å². The quantitative estimate of drug-likeness (QED) is 0.0803. The van der Waals surface area contributed by atoms with Gasteiger partial charge in [-0.1, -0.05) is 30.7 Å². The second-order valence-electron chi connectivity index (χ2n) is 11.0. The number of rotatable bonds is 11. The van der Waals surface area contributed by atoms with Gasteiger partial charge in [0, 0.05) is 12.0 Å². The zero-order chi connectivity index (χ0) is 31.7. The van der Waals surface area contributed by atoms with E-state index in [0.717, 1.165) is 28.9 Å². The lowest BCUT2D eigenvalue weighted by molar-refractivity contribution is -0.132. The van der Waals surface area contributed by atoms with Gasteiger partial charge in [-0.25, -0.2) is 4.98 Å². The van der Waals surface area contributed by atoms with E-state index < -0.39 is 17.7 Å². The summed E-state index contributed by atoms with van der Waals surface area (Å²) in [6.07, 6.45) is 2.57. The normalized spacial score (nSPS) is 18.7. The number of Topliss-reactive ketones (excluding diaryl/α,β-unsaturated/α-hetero) is 1. The van der Waals surface area contributed by atoms with E-state index in [-0.39, 0.29) is 17.4 Å². The van der Waals surface area contributed by atoms with Gasteiger partial charge in [-0.2, -0.15) is 0 Å². The average molecular weight is 629 g/mol. The van der Waals surface area contributed by atoms with Crippen molar-refractivity contribution < 1.29 is 33.6 Å². The molecule has 3 heterocycles. The smallest absolute Gasteiger partial charge is 0.301 e. The Hall–Kier alpha value is -4.57. The van der Waals surface area contributed by atoms with Gasteiger partial charge >= 0.3 is 5.91 Å². The van der Waals surface area contributed by atoms with Crippen LogP contribution in [0.1, 0.15) is 63.3 Å². The average Bonchev–Trinajstić information content (AvgIpc) is 3.69. The molecule has 4 aromatic rings. The molecule has 2 aliphatic rings. The van der Waals surface area contributed by atoms with Gasteiger partial charge in [0.15, 0.2) is 16.6 Å². The van der Waals surface area contributed by atoms with E-state index in [2.05, 4.69) is 6.92 Å². The predicted molar refractivity (Wildman–Crippen MR) is 174 cm³/mol. The van der Waals surface area contributed by atoms with Crippen LogP contribution in [-0.2, 0) is 16.0 Å². The number of aromatic nitrogens is 1. The van der Waals surface area contributed by atoms with Gasteiger partial charge < -0.3 is 24.1 Å². The van der Waals surface area contributed by atoms with Crippen molar-refractivity contribution in [3.8, 4) is 23.0 Å². The van der Waals surface area contributed by atoms with E-state index in [1.54, 1.807) is 30.3 Å². The van der Waals surface area contributed by atoms with Crippen molar-refractivity contribution >= 4 is 44.1 Å². The molecule has 0 saturated carbocycles. The van der Waals surface area contributed by atoms with Crippen LogP contribution in [0.2, 0.25) is 0 Å². The van der Waals surface area contributed by atoms with Crippen LogP contribution in [0, 0.1) is 0 Å². The molecule has 1 aromatic heterocycles. The Balaban J connectivity index is 1.50. The predicted octanol–water partition coefficient (Wildman–Crippen LogP) is 7.22. The zero-order valence-corrected chi connectivity index (χ0v) is 26.6. The third-order valence-corrected chi connectivity index (χ3v) is 8.84. The number of ketones is 1. The summed E-state index contributed by atoms with van der Waals surface area (Å²) >= 11 is 1.28. The summed E-state index contributed by atoms with van der Waals surface area (Å²) < 4.78 is 24.3. The molecule has 9 nitrogen and oxygen atoms in total. The van der Waals surface area contributed by atoms with Crippen molar-refractivity contribution in [2.45, 2.75) is 59.1 Å². The molecular weight excluding hydrogens is 592 g/mol. The van der Waals surface area contributed by atoms with Crippen LogP contribution in [-0.4, -0.2) is 47.7 Å². The molecule has 1 saturated heterocycles. The van der Waals surface area contributed by atoms with E-state index >= 15 is 0 Å². The molecule has 2 aliphatic heterocycles. The second-order valence-corrected chi connectivity index (χ2v) is 12.0. The third kappa shape index (κ3) is 5.82. The van der Waals surface area contributed by atoms with Crippen LogP contribution in [0.4, 0.5) is 5.13 Å². The Morgan fingerprint density at radius 2 is 1.82 bits per heavy atom. The number of carbonyl (C=O) groups excluding carboxylic acids is 2. The Bertz CT molecular complexity index is 1800. The molecule has 10 heteroatoms. The maximum absolute atomic E-state index is 13.9. The lowest BCUT2D eigenvalue weighted by Gasteiger charge is -2.24. The first kappa shape index (κ1) is 30.5. The highest BCUT2D eigenvalue weighted by Gasteiger charge is 2.48. The maximum Gasteiger partial charge on any atom is 0.301 e. The van der Waals surface area contributed by atoms with Crippen LogP contribution in [0.5, 0.6) is 23.0 Å². The molecule has 45 heavy (non-hydrogen) atoms. The summed E-state index contributed by atoms with van der Waals surface area (Å²) in [5.41, 5.74) is 2.59. The summed E-state index contributed by atoms with van der Waals surface area (Å²) in [6, 6.07) is 15.2. The number of thiazole rings is 1. The van der Waals surface area contributed by atoms with Gasteiger partial charge in [0.2, 0.25) is 0 Å². The number of hydrogen-bond acceptors (Lipinski definition) is 9. The molecule has 3 aromatic carbocycles. The number of aliphatic hydroxyl groups excluding tert-OH is 1.